The highest BCUT2D eigenvalue weighted by atomic mass is 16.3. The Morgan fingerprint density at radius 2 is 2.36 bits per heavy atom. The van der Waals surface area contributed by atoms with Gasteiger partial charge in [0.25, 0.3) is 0 Å². The molecule has 0 aliphatic carbocycles. The number of aliphatic hydroxyl groups excluding tert-OH is 1. The van der Waals surface area contributed by atoms with Crippen LogP contribution in [0.15, 0.2) is 12.4 Å². The van der Waals surface area contributed by atoms with Crippen molar-refractivity contribution in [3.8, 4) is 0 Å². The quantitative estimate of drug-likeness (QED) is 0.735. The second-order valence-electron chi connectivity index (χ2n) is 3.67. The summed E-state index contributed by atoms with van der Waals surface area (Å²) >= 11 is 0. The van der Waals surface area contributed by atoms with E-state index in [0.29, 0.717) is 12.6 Å². The number of nitrogens with one attached hydrogen (secondary N) is 1. The number of nitrogens with zero attached hydrogens (tertiary/aromatic N) is 2. The van der Waals surface area contributed by atoms with E-state index in [-0.39, 0.29) is 6.10 Å². The van der Waals surface area contributed by atoms with E-state index in [9.17, 15) is 0 Å². The summed E-state index contributed by atoms with van der Waals surface area (Å²) in [6, 6.07) is 0.290. The van der Waals surface area contributed by atoms with Gasteiger partial charge >= 0.3 is 0 Å². The van der Waals surface area contributed by atoms with Crippen LogP contribution in [-0.2, 0) is 7.05 Å². The lowest BCUT2D eigenvalue weighted by atomic mass is 10.1. The van der Waals surface area contributed by atoms with Gasteiger partial charge in [-0.25, -0.2) is 0 Å². The Balaban J connectivity index is 2.54. The molecule has 0 aliphatic rings. The van der Waals surface area contributed by atoms with E-state index in [1.54, 1.807) is 11.6 Å². The van der Waals surface area contributed by atoms with Crippen LogP contribution in [0.25, 0.3) is 0 Å². The fourth-order valence-electron chi connectivity index (χ4n) is 1.43. The second-order valence-corrected chi connectivity index (χ2v) is 3.67. The molecule has 0 aliphatic heterocycles. The molecule has 0 saturated heterocycles. The summed E-state index contributed by atoms with van der Waals surface area (Å²) in [6.07, 6.45) is 4.56. The Labute approximate surface area is 84.9 Å². The first kappa shape index (κ1) is 11.2. The van der Waals surface area contributed by atoms with E-state index in [1.165, 1.54) is 5.56 Å². The lowest BCUT2D eigenvalue weighted by Gasteiger charge is -2.16. The third-order valence-electron chi connectivity index (χ3n) is 2.20. The number of aromatic nitrogens is 2. The van der Waals surface area contributed by atoms with Gasteiger partial charge < -0.3 is 10.4 Å². The summed E-state index contributed by atoms with van der Waals surface area (Å²) in [4.78, 5) is 0. The van der Waals surface area contributed by atoms with E-state index in [1.807, 2.05) is 19.4 Å². The van der Waals surface area contributed by atoms with Crippen molar-refractivity contribution in [2.75, 3.05) is 6.54 Å². The third-order valence-corrected chi connectivity index (χ3v) is 2.20. The molecule has 1 heterocycles. The van der Waals surface area contributed by atoms with Crippen LogP contribution in [0.3, 0.4) is 0 Å². The van der Waals surface area contributed by atoms with Crippen LogP contribution >= 0.6 is 0 Å². The van der Waals surface area contributed by atoms with Gasteiger partial charge in [-0.2, -0.15) is 5.10 Å². The zero-order valence-corrected chi connectivity index (χ0v) is 9.07. The first-order valence-corrected chi connectivity index (χ1v) is 5.03. The van der Waals surface area contributed by atoms with Crippen molar-refractivity contribution < 1.29 is 5.11 Å². The highest BCUT2D eigenvalue weighted by Gasteiger charge is 2.10. The van der Waals surface area contributed by atoms with Crippen LogP contribution in [0, 0.1) is 0 Å². The molecule has 2 unspecified atom stereocenters. The Morgan fingerprint density at radius 1 is 1.64 bits per heavy atom. The van der Waals surface area contributed by atoms with Crippen LogP contribution in [-0.4, -0.2) is 27.5 Å². The van der Waals surface area contributed by atoms with Crippen LogP contribution in [0.2, 0.25) is 0 Å². The molecule has 0 fully saturated rings. The van der Waals surface area contributed by atoms with Crippen LogP contribution in [0.4, 0.5) is 0 Å². The normalized spacial score (nSPS) is 15.4. The molecule has 1 aromatic heterocycles. The molecule has 0 radical (unpaired) electrons. The molecule has 2 atom stereocenters. The maximum absolute atomic E-state index is 9.17. The molecule has 80 valence electrons. The summed E-state index contributed by atoms with van der Waals surface area (Å²) in [7, 11) is 1.91. The summed E-state index contributed by atoms with van der Waals surface area (Å²) in [5.74, 6) is 0. The van der Waals surface area contributed by atoms with Gasteiger partial charge in [0.05, 0.1) is 12.3 Å². The van der Waals surface area contributed by atoms with Gasteiger partial charge in [-0.3, -0.25) is 4.68 Å². The lowest BCUT2D eigenvalue weighted by Crippen LogP contribution is -2.28. The first-order valence-electron chi connectivity index (χ1n) is 5.03. The Hall–Kier alpha value is -0.870. The molecule has 2 N–H and O–H groups in total. The molecule has 0 saturated carbocycles. The number of hydrogen-bond acceptors (Lipinski definition) is 3. The highest BCUT2D eigenvalue weighted by Crippen LogP contribution is 2.14. The Morgan fingerprint density at radius 3 is 2.79 bits per heavy atom. The maximum Gasteiger partial charge on any atom is 0.0636 e. The predicted molar refractivity (Wildman–Crippen MR) is 55.9 cm³/mol. The highest BCUT2D eigenvalue weighted by molar-refractivity contribution is 5.09. The zero-order valence-electron chi connectivity index (χ0n) is 9.07. The summed E-state index contributed by atoms with van der Waals surface area (Å²) < 4.78 is 1.79. The molecule has 4 heteroatoms. The molecule has 0 bridgehead atoms. The van der Waals surface area contributed by atoms with Gasteiger partial charge in [-0.1, -0.05) is 6.92 Å². The van der Waals surface area contributed by atoms with Crippen LogP contribution < -0.4 is 5.32 Å². The largest absolute Gasteiger partial charge is 0.392 e. The molecule has 0 aromatic carbocycles. The fraction of sp³-hybridized carbons (Fsp3) is 0.700. The van der Waals surface area contributed by atoms with Crippen LogP contribution in [0.1, 0.15) is 31.9 Å². The van der Waals surface area contributed by atoms with Crippen molar-refractivity contribution in [1.29, 1.82) is 0 Å². The van der Waals surface area contributed by atoms with E-state index in [4.69, 9.17) is 5.11 Å². The van der Waals surface area contributed by atoms with Gasteiger partial charge in [0.15, 0.2) is 0 Å². The van der Waals surface area contributed by atoms with Gasteiger partial charge in [-0.05, 0) is 13.3 Å². The lowest BCUT2D eigenvalue weighted by molar-refractivity contribution is 0.185. The minimum atomic E-state index is -0.305. The van der Waals surface area contributed by atoms with Crippen molar-refractivity contribution in [2.45, 2.75) is 32.4 Å². The summed E-state index contributed by atoms with van der Waals surface area (Å²) in [6.45, 7) is 4.52. The standard InChI is InChI=1S/C10H19N3O/c1-4-10(11-5-8(2)14)9-6-12-13(3)7-9/h6-8,10-11,14H,4-5H2,1-3H3. The average molecular weight is 197 g/mol. The first-order chi connectivity index (χ1) is 6.63. The fourth-order valence-corrected chi connectivity index (χ4v) is 1.43. The topological polar surface area (TPSA) is 50.1 Å². The van der Waals surface area contributed by atoms with Gasteiger partial charge in [0, 0.05) is 31.4 Å². The predicted octanol–water partition coefficient (Wildman–Crippen LogP) is 0.842. The van der Waals surface area contributed by atoms with E-state index in [2.05, 4.69) is 17.3 Å². The minimum Gasteiger partial charge on any atom is -0.392 e. The molecule has 1 rings (SSSR count). The molecule has 1 aromatic rings. The van der Waals surface area contributed by atoms with Crippen molar-refractivity contribution >= 4 is 0 Å². The maximum atomic E-state index is 9.17. The monoisotopic (exact) mass is 197 g/mol. The van der Waals surface area contributed by atoms with E-state index >= 15 is 0 Å². The van der Waals surface area contributed by atoms with Gasteiger partial charge in [0.2, 0.25) is 0 Å². The molecule has 4 nitrogen and oxygen atoms in total. The molecular weight excluding hydrogens is 178 g/mol. The number of aryl methyl sites for hydroxylation is 1. The molecular formula is C10H19N3O. The van der Waals surface area contributed by atoms with Crippen molar-refractivity contribution in [1.82, 2.24) is 15.1 Å². The summed E-state index contributed by atoms with van der Waals surface area (Å²) in [5.41, 5.74) is 1.18. The van der Waals surface area contributed by atoms with Crippen molar-refractivity contribution in [2.24, 2.45) is 7.05 Å². The average Bonchev–Trinajstić information content (AvgIpc) is 2.53. The Bertz CT molecular complexity index is 270. The number of hydrogen-bond donors (Lipinski definition) is 2. The molecule has 0 amide bonds. The zero-order chi connectivity index (χ0) is 10.6. The van der Waals surface area contributed by atoms with E-state index in [0.717, 1.165) is 6.42 Å². The van der Waals surface area contributed by atoms with Crippen LogP contribution in [0.5, 0.6) is 0 Å². The van der Waals surface area contributed by atoms with Crippen molar-refractivity contribution in [3.05, 3.63) is 18.0 Å². The molecule has 14 heavy (non-hydrogen) atoms. The summed E-state index contributed by atoms with van der Waals surface area (Å²) in [5, 5.41) is 16.6. The van der Waals surface area contributed by atoms with Crippen molar-refractivity contribution in [3.63, 3.8) is 0 Å². The van der Waals surface area contributed by atoms with Gasteiger partial charge in [0.1, 0.15) is 0 Å². The SMILES string of the molecule is CCC(NCC(C)O)c1cnn(C)c1. The van der Waals surface area contributed by atoms with E-state index < -0.39 is 0 Å². The third kappa shape index (κ3) is 3.12. The molecule has 0 spiro atoms. The number of rotatable bonds is 5. The Kier molecular flexibility index (Phi) is 4.10. The second kappa shape index (κ2) is 5.12. The minimum absolute atomic E-state index is 0.290. The van der Waals surface area contributed by atoms with Gasteiger partial charge in [-0.15, -0.1) is 0 Å². The number of aliphatic hydroxyl groups is 1. The smallest absolute Gasteiger partial charge is 0.0636 e.